The number of rotatable bonds is 4. The van der Waals surface area contributed by atoms with Crippen LogP contribution < -0.4 is 11.1 Å². The molecule has 1 aliphatic rings. The molecule has 19 heavy (non-hydrogen) atoms. The highest BCUT2D eigenvalue weighted by atomic mass is 32.1. The van der Waals surface area contributed by atoms with Crippen molar-refractivity contribution in [3.8, 4) is 0 Å². The molecule has 1 aromatic rings. The molecule has 1 amide bonds. The molecule has 4 nitrogen and oxygen atoms in total. The molecule has 2 heterocycles. The predicted molar refractivity (Wildman–Crippen MR) is 79.3 cm³/mol. The van der Waals surface area contributed by atoms with Gasteiger partial charge in [0.1, 0.15) is 0 Å². The van der Waals surface area contributed by atoms with Crippen LogP contribution in [0.15, 0.2) is 6.07 Å². The lowest BCUT2D eigenvalue weighted by atomic mass is 10.1. The van der Waals surface area contributed by atoms with Gasteiger partial charge < -0.3 is 11.1 Å². The third-order valence-electron chi connectivity index (χ3n) is 3.68. The van der Waals surface area contributed by atoms with Gasteiger partial charge in [-0.05, 0) is 38.3 Å². The summed E-state index contributed by atoms with van der Waals surface area (Å²) < 4.78 is 0. The lowest BCUT2D eigenvalue weighted by Gasteiger charge is -2.29. The third-order valence-corrected chi connectivity index (χ3v) is 4.83. The molecule has 0 atom stereocenters. The van der Waals surface area contributed by atoms with Gasteiger partial charge in [0, 0.05) is 28.9 Å². The van der Waals surface area contributed by atoms with E-state index in [0.29, 0.717) is 19.1 Å². The van der Waals surface area contributed by atoms with E-state index in [9.17, 15) is 4.79 Å². The number of likely N-dealkylation sites (tertiary alicyclic amines) is 1. The van der Waals surface area contributed by atoms with Crippen LogP contribution in [-0.2, 0) is 11.3 Å². The summed E-state index contributed by atoms with van der Waals surface area (Å²) in [4.78, 5) is 16.6. The topological polar surface area (TPSA) is 58.4 Å². The number of carbonyl (C=O) groups excluding carboxylic acids is 1. The summed E-state index contributed by atoms with van der Waals surface area (Å²) in [5, 5.41) is 3.00. The maximum atomic E-state index is 11.9. The average molecular weight is 281 g/mol. The quantitative estimate of drug-likeness (QED) is 0.877. The first kappa shape index (κ1) is 14.5. The number of thiophene rings is 1. The molecule has 0 radical (unpaired) electrons. The average Bonchev–Trinajstić information content (AvgIpc) is 2.69. The molecule has 1 aliphatic heterocycles. The lowest BCUT2D eigenvalue weighted by molar-refractivity contribution is -0.122. The van der Waals surface area contributed by atoms with Gasteiger partial charge in [-0.15, -0.1) is 11.3 Å². The summed E-state index contributed by atoms with van der Waals surface area (Å²) in [7, 11) is 0. The van der Waals surface area contributed by atoms with E-state index in [1.54, 1.807) is 11.3 Å². The zero-order valence-corrected chi connectivity index (χ0v) is 12.6. The smallest absolute Gasteiger partial charge is 0.234 e. The SMILES string of the molecule is Cc1cc(CNC(=O)CN2CCC(N)CC2)sc1C. The zero-order valence-electron chi connectivity index (χ0n) is 11.7. The minimum Gasteiger partial charge on any atom is -0.350 e. The van der Waals surface area contributed by atoms with Crippen molar-refractivity contribution in [2.45, 2.75) is 39.3 Å². The minimum absolute atomic E-state index is 0.110. The second-order valence-electron chi connectivity index (χ2n) is 5.34. The van der Waals surface area contributed by atoms with Gasteiger partial charge in [-0.1, -0.05) is 0 Å². The van der Waals surface area contributed by atoms with Gasteiger partial charge in [-0.2, -0.15) is 0 Å². The number of nitrogens with one attached hydrogen (secondary N) is 1. The maximum absolute atomic E-state index is 11.9. The highest BCUT2D eigenvalue weighted by Gasteiger charge is 2.18. The first-order valence-electron chi connectivity index (χ1n) is 6.85. The second kappa shape index (κ2) is 6.50. The lowest BCUT2D eigenvalue weighted by Crippen LogP contribution is -2.44. The third kappa shape index (κ3) is 4.30. The van der Waals surface area contributed by atoms with Gasteiger partial charge in [-0.25, -0.2) is 0 Å². The van der Waals surface area contributed by atoms with E-state index in [1.807, 2.05) is 0 Å². The van der Waals surface area contributed by atoms with Crippen LogP contribution in [0.25, 0.3) is 0 Å². The molecule has 1 fully saturated rings. The summed E-state index contributed by atoms with van der Waals surface area (Å²) in [6.45, 7) is 7.23. The van der Waals surface area contributed by atoms with E-state index >= 15 is 0 Å². The van der Waals surface area contributed by atoms with Gasteiger partial charge in [0.05, 0.1) is 13.1 Å². The molecule has 0 saturated carbocycles. The fraction of sp³-hybridized carbons (Fsp3) is 0.643. The van der Waals surface area contributed by atoms with Crippen molar-refractivity contribution in [3.05, 3.63) is 21.4 Å². The highest BCUT2D eigenvalue weighted by Crippen LogP contribution is 2.20. The minimum atomic E-state index is 0.110. The molecule has 0 spiro atoms. The van der Waals surface area contributed by atoms with Crippen molar-refractivity contribution in [2.75, 3.05) is 19.6 Å². The first-order chi connectivity index (χ1) is 9.04. The Hall–Kier alpha value is -0.910. The summed E-state index contributed by atoms with van der Waals surface area (Å²) in [5.41, 5.74) is 7.16. The van der Waals surface area contributed by atoms with Gasteiger partial charge in [0.25, 0.3) is 0 Å². The summed E-state index contributed by atoms with van der Waals surface area (Å²) in [6.07, 6.45) is 1.99. The van der Waals surface area contributed by atoms with E-state index < -0.39 is 0 Å². The largest absolute Gasteiger partial charge is 0.350 e. The van der Waals surface area contributed by atoms with Crippen LogP contribution in [0.3, 0.4) is 0 Å². The molecule has 0 aliphatic carbocycles. The van der Waals surface area contributed by atoms with Crippen LogP contribution in [0.5, 0.6) is 0 Å². The molecule has 3 N–H and O–H groups in total. The zero-order chi connectivity index (χ0) is 13.8. The Morgan fingerprint density at radius 2 is 2.16 bits per heavy atom. The maximum Gasteiger partial charge on any atom is 0.234 e. The Bertz CT molecular complexity index is 416. The molecular formula is C14H23N3OS. The van der Waals surface area contributed by atoms with Crippen LogP contribution >= 0.6 is 11.3 Å². The summed E-state index contributed by atoms with van der Waals surface area (Å²) >= 11 is 1.76. The molecule has 2 rings (SSSR count). The van der Waals surface area contributed by atoms with E-state index in [4.69, 9.17) is 5.73 Å². The van der Waals surface area contributed by atoms with Crippen molar-refractivity contribution >= 4 is 17.2 Å². The highest BCUT2D eigenvalue weighted by molar-refractivity contribution is 7.12. The van der Waals surface area contributed by atoms with Crippen LogP contribution in [0.4, 0.5) is 0 Å². The molecule has 0 unspecified atom stereocenters. The Balaban J connectivity index is 1.72. The summed E-state index contributed by atoms with van der Waals surface area (Å²) in [6, 6.07) is 2.47. The number of nitrogens with zero attached hydrogens (tertiary/aromatic N) is 1. The van der Waals surface area contributed by atoms with Gasteiger partial charge in [-0.3, -0.25) is 9.69 Å². The van der Waals surface area contributed by atoms with Crippen molar-refractivity contribution in [1.29, 1.82) is 0 Å². The number of piperidine rings is 1. The fourth-order valence-corrected chi connectivity index (χ4v) is 3.29. The monoisotopic (exact) mass is 281 g/mol. The van der Waals surface area contributed by atoms with Gasteiger partial charge >= 0.3 is 0 Å². The van der Waals surface area contributed by atoms with Crippen molar-refractivity contribution in [3.63, 3.8) is 0 Å². The standard InChI is InChI=1S/C14H23N3OS/c1-10-7-13(19-11(10)2)8-16-14(18)9-17-5-3-12(15)4-6-17/h7,12H,3-6,8-9,15H2,1-2H3,(H,16,18). The van der Waals surface area contributed by atoms with Crippen LogP contribution in [0.2, 0.25) is 0 Å². The second-order valence-corrected chi connectivity index (χ2v) is 6.68. The molecule has 1 saturated heterocycles. The number of hydrogen-bond acceptors (Lipinski definition) is 4. The Kier molecular flexibility index (Phi) is 4.96. The van der Waals surface area contributed by atoms with E-state index in [-0.39, 0.29) is 5.91 Å². The molecule has 0 bridgehead atoms. The van der Waals surface area contributed by atoms with Crippen molar-refractivity contribution < 1.29 is 4.79 Å². The molecule has 106 valence electrons. The van der Waals surface area contributed by atoms with E-state index in [2.05, 4.69) is 30.1 Å². The van der Waals surface area contributed by atoms with Crippen molar-refractivity contribution in [2.24, 2.45) is 5.73 Å². The molecule has 1 aromatic heterocycles. The number of carbonyl (C=O) groups is 1. The molecule has 0 aromatic carbocycles. The van der Waals surface area contributed by atoms with E-state index in [0.717, 1.165) is 25.9 Å². The molecular weight excluding hydrogens is 258 g/mol. The van der Waals surface area contributed by atoms with Crippen LogP contribution in [0, 0.1) is 13.8 Å². The number of aryl methyl sites for hydroxylation is 2. The van der Waals surface area contributed by atoms with Crippen molar-refractivity contribution in [1.82, 2.24) is 10.2 Å². The number of nitrogens with two attached hydrogens (primary N) is 1. The number of hydrogen-bond donors (Lipinski definition) is 2. The Morgan fingerprint density at radius 1 is 1.47 bits per heavy atom. The van der Waals surface area contributed by atoms with Crippen LogP contribution in [0.1, 0.15) is 28.2 Å². The molecule has 5 heteroatoms. The Morgan fingerprint density at radius 3 is 2.74 bits per heavy atom. The first-order valence-corrected chi connectivity index (χ1v) is 7.67. The predicted octanol–water partition coefficient (Wildman–Crippen LogP) is 1.40. The van der Waals surface area contributed by atoms with Gasteiger partial charge in [0.2, 0.25) is 5.91 Å². The van der Waals surface area contributed by atoms with Crippen LogP contribution in [-0.4, -0.2) is 36.5 Å². The fourth-order valence-electron chi connectivity index (χ4n) is 2.29. The summed E-state index contributed by atoms with van der Waals surface area (Å²) in [5.74, 6) is 0.110. The number of amides is 1. The normalized spacial score (nSPS) is 17.6. The van der Waals surface area contributed by atoms with Gasteiger partial charge in [0.15, 0.2) is 0 Å². The van der Waals surface area contributed by atoms with E-state index in [1.165, 1.54) is 15.3 Å². The Labute approximate surface area is 119 Å².